The number of nitrogens with two attached hydrogens (primary N) is 1. The quantitative estimate of drug-likeness (QED) is 0.306. The Bertz CT molecular complexity index is 1030. The molecule has 3 aromatic carbocycles. The predicted octanol–water partition coefficient (Wildman–Crippen LogP) is 3.96. The van der Waals surface area contributed by atoms with Crippen molar-refractivity contribution in [1.82, 2.24) is 10.6 Å². The monoisotopic (exact) mass is 475 g/mol. The molecular weight excluding hydrogens is 442 g/mol. The smallest absolute Gasteiger partial charge is 0.407 e. The van der Waals surface area contributed by atoms with Crippen LogP contribution in [0.3, 0.4) is 0 Å². The van der Waals surface area contributed by atoms with Crippen molar-refractivity contribution in [3.05, 3.63) is 102 Å². The highest BCUT2D eigenvalue weighted by Crippen LogP contribution is 2.14. The summed E-state index contributed by atoms with van der Waals surface area (Å²) in [7, 11) is 0. The average Bonchev–Trinajstić information content (AvgIpc) is 2.89. The normalized spacial score (nSPS) is 11.4. The Kier molecular flexibility index (Phi) is 10.6. The van der Waals surface area contributed by atoms with Crippen LogP contribution in [0, 0.1) is 0 Å². The van der Waals surface area contributed by atoms with Crippen LogP contribution in [0.15, 0.2) is 84.9 Å². The molecule has 0 aliphatic rings. The maximum absolute atomic E-state index is 11.8. The highest BCUT2D eigenvalue weighted by Gasteiger charge is 2.14. The van der Waals surface area contributed by atoms with Gasteiger partial charge < -0.3 is 25.8 Å². The molecule has 184 valence electrons. The van der Waals surface area contributed by atoms with Crippen LogP contribution in [0.1, 0.15) is 29.5 Å². The number of carbonyl (C=O) groups excluding carboxylic acids is 2. The van der Waals surface area contributed by atoms with E-state index in [2.05, 4.69) is 10.6 Å². The van der Waals surface area contributed by atoms with Crippen molar-refractivity contribution in [3.63, 3.8) is 0 Å². The minimum Gasteiger partial charge on any atom is -0.489 e. The largest absolute Gasteiger partial charge is 0.489 e. The van der Waals surface area contributed by atoms with Crippen LogP contribution >= 0.6 is 0 Å². The molecule has 3 aromatic rings. The van der Waals surface area contributed by atoms with Crippen molar-refractivity contribution in [2.24, 2.45) is 5.73 Å². The van der Waals surface area contributed by atoms with E-state index < -0.39 is 18.0 Å². The average molecular weight is 476 g/mol. The third kappa shape index (κ3) is 9.90. The maximum atomic E-state index is 11.8. The zero-order chi connectivity index (χ0) is 24.7. The maximum Gasteiger partial charge on any atom is 0.407 e. The molecule has 0 heterocycles. The lowest BCUT2D eigenvalue weighted by molar-refractivity contribution is -0.120. The molecule has 2 amide bonds. The van der Waals surface area contributed by atoms with Gasteiger partial charge in [-0.05, 0) is 54.6 Å². The van der Waals surface area contributed by atoms with Crippen LogP contribution in [0.25, 0.3) is 0 Å². The number of rotatable bonds is 14. The lowest BCUT2D eigenvalue weighted by Gasteiger charge is -2.16. The summed E-state index contributed by atoms with van der Waals surface area (Å²) in [6.07, 6.45) is 1.41. The standard InChI is InChI=1S/C28H33N3O4/c29-27(32)26(12-7-18-31-28(33)35-21-24-10-5-2-6-11-24)30-19-17-22-13-15-25(16-14-22)34-20-23-8-3-1-4-9-23/h1-6,8-11,13-16,26,30H,7,12,17-21H2,(H2,29,32)(H,31,33)/t26-/m1/s1. The van der Waals surface area contributed by atoms with E-state index in [4.69, 9.17) is 15.2 Å². The summed E-state index contributed by atoms with van der Waals surface area (Å²) in [6, 6.07) is 27.0. The minimum atomic E-state index is -0.478. The van der Waals surface area contributed by atoms with Crippen molar-refractivity contribution in [2.45, 2.75) is 38.5 Å². The second-order valence-corrected chi connectivity index (χ2v) is 8.21. The summed E-state index contributed by atoms with van der Waals surface area (Å²) in [5.41, 5.74) is 8.72. The Hall–Kier alpha value is -3.84. The summed E-state index contributed by atoms with van der Waals surface area (Å²) >= 11 is 0. The first-order valence-electron chi connectivity index (χ1n) is 11.8. The summed E-state index contributed by atoms with van der Waals surface area (Å²) in [4.78, 5) is 23.6. The molecule has 0 bridgehead atoms. The molecular formula is C28H33N3O4. The highest BCUT2D eigenvalue weighted by atomic mass is 16.5. The summed E-state index contributed by atoms with van der Waals surface area (Å²) in [5, 5.41) is 5.92. The van der Waals surface area contributed by atoms with Gasteiger partial charge in [-0.25, -0.2) is 4.79 Å². The fourth-order valence-corrected chi connectivity index (χ4v) is 3.50. The number of carbonyl (C=O) groups is 2. The van der Waals surface area contributed by atoms with E-state index in [1.54, 1.807) is 0 Å². The van der Waals surface area contributed by atoms with E-state index in [0.717, 1.165) is 28.9 Å². The number of nitrogens with one attached hydrogen (secondary N) is 2. The van der Waals surface area contributed by atoms with Crippen LogP contribution in [0.4, 0.5) is 4.79 Å². The van der Waals surface area contributed by atoms with Crippen LogP contribution in [-0.2, 0) is 29.2 Å². The van der Waals surface area contributed by atoms with E-state index in [1.165, 1.54) is 0 Å². The van der Waals surface area contributed by atoms with E-state index in [-0.39, 0.29) is 6.61 Å². The Morgan fingerprint density at radius 2 is 1.40 bits per heavy atom. The molecule has 0 saturated heterocycles. The zero-order valence-corrected chi connectivity index (χ0v) is 19.8. The van der Waals surface area contributed by atoms with Crippen molar-refractivity contribution < 1.29 is 19.1 Å². The van der Waals surface area contributed by atoms with Gasteiger partial charge in [-0.3, -0.25) is 4.79 Å². The zero-order valence-electron chi connectivity index (χ0n) is 19.8. The van der Waals surface area contributed by atoms with Gasteiger partial charge in [0.25, 0.3) is 0 Å². The third-order valence-corrected chi connectivity index (χ3v) is 5.47. The van der Waals surface area contributed by atoms with Gasteiger partial charge in [0, 0.05) is 6.54 Å². The number of alkyl carbamates (subject to hydrolysis) is 1. The first-order chi connectivity index (χ1) is 17.1. The van der Waals surface area contributed by atoms with Crippen LogP contribution in [0.5, 0.6) is 5.75 Å². The Labute approximate surface area is 206 Å². The fraction of sp³-hybridized carbons (Fsp3) is 0.286. The van der Waals surface area contributed by atoms with Gasteiger partial charge >= 0.3 is 6.09 Å². The Morgan fingerprint density at radius 1 is 0.771 bits per heavy atom. The van der Waals surface area contributed by atoms with Gasteiger partial charge in [0.05, 0.1) is 6.04 Å². The minimum absolute atomic E-state index is 0.221. The van der Waals surface area contributed by atoms with Crippen LogP contribution in [0.2, 0.25) is 0 Å². The molecule has 7 heteroatoms. The number of hydrogen-bond acceptors (Lipinski definition) is 5. The predicted molar refractivity (Wildman–Crippen MR) is 136 cm³/mol. The van der Waals surface area contributed by atoms with Crippen molar-refractivity contribution in [2.75, 3.05) is 13.1 Å². The molecule has 7 nitrogen and oxygen atoms in total. The molecule has 0 radical (unpaired) electrons. The van der Waals surface area contributed by atoms with Crippen LogP contribution < -0.4 is 21.1 Å². The third-order valence-electron chi connectivity index (χ3n) is 5.47. The second-order valence-electron chi connectivity index (χ2n) is 8.21. The number of amides is 2. The Balaban J connectivity index is 1.30. The summed E-state index contributed by atoms with van der Waals surface area (Å²) < 4.78 is 11.0. The van der Waals surface area contributed by atoms with Crippen molar-refractivity contribution in [1.29, 1.82) is 0 Å². The van der Waals surface area contributed by atoms with E-state index >= 15 is 0 Å². The molecule has 0 unspecified atom stereocenters. The first kappa shape index (κ1) is 25.8. The van der Waals surface area contributed by atoms with Crippen molar-refractivity contribution in [3.8, 4) is 5.75 Å². The van der Waals surface area contributed by atoms with Gasteiger partial charge in [0.15, 0.2) is 0 Å². The number of primary amides is 1. The lowest BCUT2D eigenvalue weighted by Crippen LogP contribution is -2.42. The van der Waals surface area contributed by atoms with Gasteiger partial charge in [0.1, 0.15) is 19.0 Å². The molecule has 0 aromatic heterocycles. The van der Waals surface area contributed by atoms with E-state index in [1.807, 2.05) is 84.9 Å². The lowest BCUT2D eigenvalue weighted by atomic mass is 10.1. The van der Waals surface area contributed by atoms with E-state index in [9.17, 15) is 9.59 Å². The van der Waals surface area contributed by atoms with E-state index in [0.29, 0.717) is 32.5 Å². The second kappa shape index (κ2) is 14.4. The fourth-order valence-electron chi connectivity index (χ4n) is 3.50. The molecule has 1 atom stereocenters. The molecule has 0 saturated carbocycles. The van der Waals surface area contributed by atoms with Crippen molar-refractivity contribution >= 4 is 12.0 Å². The topological polar surface area (TPSA) is 103 Å². The summed E-state index contributed by atoms with van der Waals surface area (Å²) in [6.45, 7) is 1.77. The number of ether oxygens (including phenoxy) is 2. The molecule has 0 fully saturated rings. The number of benzene rings is 3. The molecule has 35 heavy (non-hydrogen) atoms. The summed E-state index contributed by atoms with van der Waals surface area (Å²) in [5.74, 6) is 0.414. The number of hydrogen-bond donors (Lipinski definition) is 3. The SMILES string of the molecule is NC(=O)[C@@H](CCCNC(=O)OCc1ccccc1)NCCc1ccc(OCc2ccccc2)cc1. The van der Waals surface area contributed by atoms with Gasteiger partial charge in [-0.2, -0.15) is 0 Å². The van der Waals surface area contributed by atoms with Gasteiger partial charge in [-0.1, -0.05) is 72.8 Å². The molecule has 0 aliphatic carbocycles. The van der Waals surface area contributed by atoms with Gasteiger partial charge in [0.2, 0.25) is 5.91 Å². The molecule has 3 rings (SSSR count). The van der Waals surface area contributed by atoms with Gasteiger partial charge in [-0.15, -0.1) is 0 Å². The first-order valence-corrected chi connectivity index (χ1v) is 11.8. The van der Waals surface area contributed by atoms with Crippen LogP contribution in [-0.4, -0.2) is 31.1 Å². The molecule has 4 N–H and O–H groups in total. The Morgan fingerprint density at radius 3 is 2.03 bits per heavy atom. The highest BCUT2D eigenvalue weighted by molar-refractivity contribution is 5.79. The molecule has 0 spiro atoms. The molecule has 0 aliphatic heterocycles.